The van der Waals surface area contributed by atoms with Crippen molar-refractivity contribution in [2.75, 3.05) is 12.3 Å². The third kappa shape index (κ3) is 7.06. The van der Waals surface area contributed by atoms with Gasteiger partial charge >= 0.3 is 6.03 Å². The van der Waals surface area contributed by atoms with Crippen LogP contribution < -0.4 is 21.7 Å². The van der Waals surface area contributed by atoms with Crippen molar-refractivity contribution in [2.45, 2.75) is 141 Å². The molecule has 1 spiro atoms. The highest BCUT2D eigenvalue weighted by atomic mass is 32.2. The minimum Gasteiger partial charge on any atom is -0.363 e. The number of nitrogens with zero attached hydrogens (tertiary/aromatic N) is 1. The summed E-state index contributed by atoms with van der Waals surface area (Å²) in [6, 6.07) is -3.48. The van der Waals surface area contributed by atoms with E-state index in [1.807, 2.05) is 20.8 Å². The zero-order chi connectivity index (χ0) is 34.7. The molecular formula is C34H55N5O7S. The first kappa shape index (κ1) is 35.6. The first-order chi connectivity index (χ1) is 21.7. The van der Waals surface area contributed by atoms with Gasteiger partial charge in [0.25, 0.3) is 5.91 Å². The van der Waals surface area contributed by atoms with Gasteiger partial charge in [0, 0.05) is 6.54 Å². The molecule has 4 saturated carbocycles. The zero-order valence-electron chi connectivity index (χ0n) is 28.9. The lowest BCUT2D eigenvalue weighted by atomic mass is 9.80. The maximum atomic E-state index is 14.4. The molecule has 12 nitrogen and oxygen atoms in total. The summed E-state index contributed by atoms with van der Waals surface area (Å²) < 4.78 is 25.6. The molecule has 1 aliphatic heterocycles. The summed E-state index contributed by atoms with van der Waals surface area (Å²) in [4.78, 5) is 68.2. The second-order valence-corrected chi connectivity index (χ2v) is 20.0. The Morgan fingerprint density at radius 2 is 1.51 bits per heavy atom. The number of amides is 5. The highest BCUT2D eigenvalue weighted by molar-refractivity contribution is 7.92. The summed E-state index contributed by atoms with van der Waals surface area (Å²) in [5.41, 5.74) is 3.70. The molecule has 5 fully saturated rings. The Morgan fingerprint density at radius 3 is 2.00 bits per heavy atom. The Hall–Kier alpha value is -2.70. The summed E-state index contributed by atoms with van der Waals surface area (Å²) in [7, 11) is -3.55. The first-order valence-corrected chi connectivity index (χ1v) is 19.1. The number of hydrogen-bond donors (Lipinski definition) is 4. The monoisotopic (exact) mass is 677 g/mol. The molecule has 1 saturated heterocycles. The molecule has 2 unspecified atom stereocenters. The van der Waals surface area contributed by atoms with Gasteiger partial charge in [-0.3, -0.25) is 19.2 Å². The van der Waals surface area contributed by atoms with Crippen molar-refractivity contribution < 1.29 is 32.4 Å². The third-order valence-corrected chi connectivity index (χ3v) is 14.6. The van der Waals surface area contributed by atoms with Crippen LogP contribution in [0.3, 0.4) is 0 Å². The zero-order valence-corrected chi connectivity index (χ0v) is 29.8. The van der Waals surface area contributed by atoms with E-state index in [2.05, 4.69) is 16.0 Å². The molecule has 47 heavy (non-hydrogen) atoms. The number of carbonyl (C=O) groups excluding carboxylic acids is 5. The van der Waals surface area contributed by atoms with Crippen LogP contribution in [0.5, 0.6) is 0 Å². The number of primary amides is 1. The lowest BCUT2D eigenvalue weighted by Gasteiger charge is -2.41. The lowest BCUT2D eigenvalue weighted by molar-refractivity contribution is -0.145. The van der Waals surface area contributed by atoms with Crippen LogP contribution in [-0.4, -0.2) is 83.6 Å². The number of nitrogens with one attached hydrogen (secondary N) is 3. The Balaban J connectivity index is 1.34. The van der Waals surface area contributed by atoms with Crippen LogP contribution in [0, 0.1) is 28.6 Å². The van der Waals surface area contributed by atoms with Crippen molar-refractivity contribution in [3.8, 4) is 0 Å². The molecule has 5 aliphatic rings. The van der Waals surface area contributed by atoms with Gasteiger partial charge in [0.05, 0.1) is 22.1 Å². The average molecular weight is 678 g/mol. The van der Waals surface area contributed by atoms with Gasteiger partial charge in [0.2, 0.25) is 17.6 Å². The van der Waals surface area contributed by atoms with Gasteiger partial charge in [-0.15, -0.1) is 0 Å². The van der Waals surface area contributed by atoms with Crippen LogP contribution >= 0.6 is 0 Å². The average Bonchev–Trinajstić information content (AvgIpc) is 3.79. The molecule has 0 aromatic heterocycles. The number of fused-ring (bicyclic) bond motifs is 3. The van der Waals surface area contributed by atoms with Crippen molar-refractivity contribution in [1.29, 1.82) is 0 Å². The van der Waals surface area contributed by atoms with E-state index in [1.54, 1.807) is 25.7 Å². The van der Waals surface area contributed by atoms with Crippen LogP contribution in [0.4, 0.5) is 4.79 Å². The molecule has 0 radical (unpaired) electrons. The Labute approximate surface area is 279 Å². The molecule has 13 heteroatoms. The molecule has 5 N–H and O–H groups in total. The number of hydrogen-bond acceptors (Lipinski definition) is 7. The van der Waals surface area contributed by atoms with Gasteiger partial charge in [-0.2, -0.15) is 0 Å². The van der Waals surface area contributed by atoms with Crippen LogP contribution in [0.15, 0.2) is 0 Å². The van der Waals surface area contributed by atoms with E-state index < -0.39 is 73.2 Å². The number of piperidine rings is 1. The normalized spacial score (nSPS) is 27.5. The highest BCUT2D eigenvalue weighted by Crippen LogP contribution is 2.78. The molecule has 264 valence electrons. The van der Waals surface area contributed by atoms with Crippen LogP contribution in [0.25, 0.3) is 0 Å². The molecule has 0 bridgehead atoms. The molecular weight excluding hydrogens is 622 g/mol. The van der Waals surface area contributed by atoms with E-state index in [0.29, 0.717) is 25.8 Å². The van der Waals surface area contributed by atoms with Crippen LogP contribution in [-0.2, 0) is 29.0 Å². The predicted molar refractivity (Wildman–Crippen MR) is 177 cm³/mol. The number of rotatable bonds is 11. The molecule has 5 atom stereocenters. The van der Waals surface area contributed by atoms with Crippen LogP contribution in [0.2, 0.25) is 0 Å². The van der Waals surface area contributed by atoms with Crippen molar-refractivity contribution in [2.24, 2.45) is 34.3 Å². The van der Waals surface area contributed by atoms with Gasteiger partial charge in [-0.1, -0.05) is 59.3 Å². The van der Waals surface area contributed by atoms with Crippen LogP contribution in [0.1, 0.15) is 112 Å². The van der Waals surface area contributed by atoms with Gasteiger partial charge < -0.3 is 26.6 Å². The summed E-state index contributed by atoms with van der Waals surface area (Å²) in [6.07, 6.45) is 8.78. The van der Waals surface area contributed by atoms with E-state index in [-0.39, 0.29) is 28.9 Å². The lowest BCUT2D eigenvalue weighted by Crippen LogP contribution is -2.64. The fraction of sp³-hybridized carbons (Fsp3) is 0.853. The summed E-state index contributed by atoms with van der Waals surface area (Å²) in [5, 5.41) is 8.71. The van der Waals surface area contributed by atoms with Crippen molar-refractivity contribution >= 4 is 39.4 Å². The SMILES string of the molecule is CC(C)(C)[C@H](NC(=O)NC1(CS(=O)(=O)C(C)(C)C)CCCCC1)C(=O)N1CC2[C@@H]([C@H]1C(=O)NC(CC1CCC1)C(=O)C(N)=O)C21CC1. The molecule has 5 rings (SSSR count). The fourth-order valence-electron chi connectivity index (χ4n) is 8.40. The van der Waals surface area contributed by atoms with Gasteiger partial charge in [0.1, 0.15) is 12.1 Å². The number of ketones is 1. The summed E-state index contributed by atoms with van der Waals surface area (Å²) >= 11 is 0. The smallest absolute Gasteiger partial charge is 0.315 e. The highest BCUT2D eigenvalue weighted by Gasteiger charge is 2.79. The maximum absolute atomic E-state index is 14.4. The quantitative estimate of drug-likeness (QED) is 0.242. The number of likely N-dealkylation sites (tertiary alicyclic amines) is 1. The van der Waals surface area contributed by atoms with Crippen molar-refractivity contribution in [1.82, 2.24) is 20.9 Å². The molecule has 5 amide bonds. The third-order valence-electron chi connectivity index (χ3n) is 11.8. The van der Waals surface area contributed by atoms with Gasteiger partial charge in [-0.05, 0) is 81.5 Å². The molecule has 0 aromatic carbocycles. The van der Waals surface area contributed by atoms with Crippen molar-refractivity contribution in [3.05, 3.63) is 0 Å². The number of nitrogens with two attached hydrogens (primary N) is 1. The number of Topliss-reactive ketones (excluding diaryl/α,β-unsaturated/α-hetero) is 1. The largest absolute Gasteiger partial charge is 0.363 e. The van der Waals surface area contributed by atoms with E-state index >= 15 is 0 Å². The van der Waals surface area contributed by atoms with Gasteiger partial charge in [-0.25, -0.2) is 13.2 Å². The Bertz CT molecular complexity index is 1400. The van der Waals surface area contributed by atoms with E-state index in [4.69, 9.17) is 5.73 Å². The number of urea groups is 1. The minimum absolute atomic E-state index is 0.0398. The van der Waals surface area contributed by atoms with E-state index in [0.717, 1.165) is 51.4 Å². The molecule has 0 aromatic rings. The molecule has 4 aliphatic carbocycles. The number of sulfone groups is 1. The second-order valence-electron chi connectivity index (χ2n) is 17.2. The Kier molecular flexibility index (Phi) is 9.33. The van der Waals surface area contributed by atoms with E-state index in [1.165, 1.54) is 0 Å². The fourth-order valence-corrected chi connectivity index (χ4v) is 9.92. The summed E-state index contributed by atoms with van der Waals surface area (Å²) in [6.45, 7) is 10.9. The second kappa shape index (κ2) is 12.3. The van der Waals surface area contributed by atoms with E-state index in [9.17, 15) is 32.4 Å². The van der Waals surface area contributed by atoms with Gasteiger partial charge in [0.15, 0.2) is 9.84 Å². The topological polar surface area (TPSA) is 185 Å². The number of carbonyl (C=O) groups is 5. The minimum atomic E-state index is -3.55. The van der Waals surface area contributed by atoms with Crippen molar-refractivity contribution in [3.63, 3.8) is 0 Å². The summed E-state index contributed by atoms with van der Waals surface area (Å²) in [5.74, 6) is -2.60. The molecule has 1 heterocycles. The maximum Gasteiger partial charge on any atom is 0.315 e. The standard InChI is InChI=1S/C34H55N5O7S/c1-31(2,3)26(37-30(44)38-33(13-8-7-9-14-33)19-47(45,46)32(4,5)6)29(43)39-18-21-23(34(21)15-16-34)24(39)28(42)36-22(25(40)27(35)41)17-20-11-10-12-20/h20-24,26H,7-19H2,1-6H3,(H2,35,41)(H,36,42)(H2,37,38,44)/t21?,22?,23-,24-,26+/m0/s1. The first-order valence-electron chi connectivity index (χ1n) is 17.5. The predicted octanol–water partition coefficient (Wildman–Crippen LogP) is 2.58. The Morgan fingerprint density at radius 1 is 0.894 bits per heavy atom.